The molecule has 1 heterocycles. The van der Waals surface area contributed by atoms with Gasteiger partial charge in [0.2, 0.25) is 5.91 Å². The molecule has 0 aliphatic heterocycles. The van der Waals surface area contributed by atoms with Crippen LogP contribution in [0.2, 0.25) is 0 Å². The fraction of sp³-hybridized carbons (Fsp3) is 0.0588. The summed E-state index contributed by atoms with van der Waals surface area (Å²) in [6.45, 7) is 0. The van der Waals surface area contributed by atoms with E-state index in [0.29, 0.717) is 11.4 Å². The third-order valence-corrected chi connectivity index (χ3v) is 3.75. The SMILES string of the molecule is O=C(Cc1cc(-c2ccc(F)cc2F)on1)Nc1ccc(Br)cc1. The van der Waals surface area contributed by atoms with Gasteiger partial charge in [-0.15, -0.1) is 0 Å². The molecule has 7 heteroatoms. The molecule has 1 N–H and O–H groups in total. The van der Waals surface area contributed by atoms with Gasteiger partial charge in [-0.2, -0.15) is 0 Å². The molecule has 122 valence electrons. The Balaban J connectivity index is 1.69. The number of aromatic nitrogens is 1. The first-order valence-corrected chi connectivity index (χ1v) is 7.77. The number of benzene rings is 2. The lowest BCUT2D eigenvalue weighted by Gasteiger charge is -2.03. The average molecular weight is 393 g/mol. The van der Waals surface area contributed by atoms with E-state index in [4.69, 9.17) is 4.52 Å². The van der Waals surface area contributed by atoms with E-state index in [2.05, 4.69) is 26.4 Å². The second-order valence-corrected chi connectivity index (χ2v) is 5.95. The Morgan fingerprint density at radius 1 is 1.12 bits per heavy atom. The minimum atomic E-state index is -0.753. The zero-order chi connectivity index (χ0) is 17.1. The molecular formula is C17H11BrF2N2O2. The minimum absolute atomic E-state index is 0.0254. The van der Waals surface area contributed by atoms with Crippen molar-refractivity contribution in [3.8, 4) is 11.3 Å². The first-order valence-electron chi connectivity index (χ1n) is 6.98. The molecule has 1 amide bonds. The van der Waals surface area contributed by atoms with Crippen LogP contribution in [0, 0.1) is 11.6 Å². The molecule has 3 aromatic rings. The van der Waals surface area contributed by atoms with Crippen molar-refractivity contribution < 1.29 is 18.1 Å². The summed E-state index contributed by atoms with van der Waals surface area (Å²) in [5.74, 6) is -1.57. The number of carbonyl (C=O) groups is 1. The number of hydrogen-bond donors (Lipinski definition) is 1. The summed E-state index contributed by atoms with van der Waals surface area (Å²) in [6, 6.07) is 11.7. The maximum Gasteiger partial charge on any atom is 0.230 e. The van der Waals surface area contributed by atoms with Gasteiger partial charge in [0.05, 0.1) is 17.7 Å². The number of rotatable bonds is 4. The van der Waals surface area contributed by atoms with Crippen molar-refractivity contribution in [3.63, 3.8) is 0 Å². The highest BCUT2D eigenvalue weighted by atomic mass is 79.9. The average Bonchev–Trinajstić information content (AvgIpc) is 2.97. The molecule has 0 saturated carbocycles. The van der Waals surface area contributed by atoms with Gasteiger partial charge in [0.15, 0.2) is 5.76 Å². The van der Waals surface area contributed by atoms with E-state index in [0.717, 1.165) is 16.6 Å². The maximum absolute atomic E-state index is 13.7. The largest absolute Gasteiger partial charge is 0.356 e. The van der Waals surface area contributed by atoms with Crippen molar-refractivity contribution >= 4 is 27.5 Å². The highest BCUT2D eigenvalue weighted by Gasteiger charge is 2.14. The summed E-state index contributed by atoms with van der Waals surface area (Å²) in [4.78, 5) is 12.0. The van der Waals surface area contributed by atoms with Crippen molar-refractivity contribution in [2.75, 3.05) is 5.32 Å². The molecule has 0 spiro atoms. The molecule has 0 aliphatic carbocycles. The highest BCUT2D eigenvalue weighted by molar-refractivity contribution is 9.10. The van der Waals surface area contributed by atoms with Gasteiger partial charge in [-0.1, -0.05) is 21.1 Å². The third kappa shape index (κ3) is 3.86. The number of hydrogen-bond acceptors (Lipinski definition) is 3. The van der Waals surface area contributed by atoms with Crippen molar-refractivity contribution in [1.29, 1.82) is 0 Å². The van der Waals surface area contributed by atoms with Gasteiger partial charge in [-0.3, -0.25) is 4.79 Å². The van der Waals surface area contributed by atoms with Gasteiger partial charge in [0, 0.05) is 22.3 Å². The lowest BCUT2D eigenvalue weighted by atomic mass is 10.1. The van der Waals surface area contributed by atoms with Crippen molar-refractivity contribution in [2.24, 2.45) is 0 Å². The van der Waals surface area contributed by atoms with Crippen LogP contribution in [0.25, 0.3) is 11.3 Å². The third-order valence-electron chi connectivity index (χ3n) is 3.23. The fourth-order valence-electron chi connectivity index (χ4n) is 2.11. The van der Waals surface area contributed by atoms with Crippen LogP contribution in [0.4, 0.5) is 14.5 Å². The maximum atomic E-state index is 13.7. The van der Waals surface area contributed by atoms with E-state index >= 15 is 0 Å². The molecule has 0 unspecified atom stereocenters. The monoisotopic (exact) mass is 392 g/mol. The van der Waals surface area contributed by atoms with E-state index in [1.165, 1.54) is 12.1 Å². The Kier molecular flexibility index (Phi) is 4.71. The number of halogens is 3. The molecule has 1 aromatic heterocycles. The van der Waals surface area contributed by atoms with Gasteiger partial charge >= 0.3 is 0 Å². The Bertz CT molecular complexity index is 879. The zero-order valence-electron chi connectivity index (χ0n) is 12.2. The molecule has 0 bridgehead atoms. The van der Waals surface area contributed by atoms with Gasteiger partial charge in [0.1, 0.15) is 11.6 Å². The van der Waals surface area contributed by atoms with Crippen molar-refractivity contribution in [2.45, 2.75) is 6.42 Å². The normalized spacial score (nSPS) is 10.6. The summed E-state index contributed by atoms with van der Waals surface area (Å²) in [6.07, 6.45) is -0.0254. The number of nitrogens with zero attached hydrogens (tertiary/aromatic N) is 1. The Labute approximate surface area is 144 Å². The van der Waals surface area contributed by atoms with Crippen LogP contribution < -0.4 is 5.32 Å². The second-order valence-electron chi connectivity index (χ2n) is 5.04. The van der Waals surface area contributed by atoms with Gasteiger partial charge in [0.25, 0.3) is 0 Å². The summed E-state index contributed by atoms with van der Waals surface area (Å²) in [5.41, 5.74) is 1.09. The molecule has 24 heavy (non-hydrogen) atoms. The Morgan fingerprint density at radius 2 is 1.88 bits per heavy atom. The molecule has 4 nitrogen and oxygen atoms in total. The van der Waals surface area contributed by atoms with Crippen LogP contribution in [-0.4, -0.2) is 11.1 Å². The quantitative estimate of drug-likeness (QED) is 0.707. The highest BCUT2D eigenvalue weighted by Crippen LogP contribution is 2.24. The summed E-state index contributed by atoms with van der Waals surface area (Å²) in [7, 11) is 0. The van der Waals surface area contributed by atoms with Gasteiger partial charge in [-0.25, -0.2) is 8.78 Å². The summed E-state index contributed by atoms with van der Waals surface area (Å²) >= 11 is 3.31. The standard InChI is InChI=1S/C17H11BrF2N2O2/c18-10-1-4-12(5-2-10)21-17(23)9-13-8-16(24-22-13)14-6-3-11(19)7-15(14)20/h1-8H,9H2,(H,21,23). The van der Waals surface area contributed by atoms with E-state index in [1.54, 1.807) is 24.3 Å². The zero-order valence-corrected chi connectivity index (χ0v) is 13.8. The molecule has 0 fully saturated rings. The number of nitrogens with one attached hydrogen (secondary N) is 1. The second kappa shape index (κ2) is 6.92. The smallest absolute Gasteiger partial charge is 0.230 e. The van der Waals surface area contributed by atoms with Crippen LogP contribution in [-0.2, 0) is 11.2 Å². The molecule has 0 saturated heterocycles. The van der Waals surface area contributed by atoms with Gasteiger partial charge in [-0.05, 0) is 36.4 Å². The lowest BCUT2D eigenvalue weighted by Crippen LogP contribution is -2.14. The molecular weight excluding hydrogens is 382 g/mol. The number of anilines is 1. The number of carbonyl (C=O) groups excluding carboxylic acids is 1. The van der Waals surface area contributed by atoms with E-state index in [-0.39, 0.29) is 23.7 Å². The Hall–Kier alpha value is -2.54. The van der Waals surface area contributed by atoms with E-state index in [9.17, 15) is 13.6 Å². The van der Waals surface area contributed by atoms with Crippen LogP contribution in [0.3, 0.4) is 0 Å². The minimum Gasteiger partial charge on any atom is -0.356 e. The predicted molar refractivity (Wildman–Crippen MR) is 88.3 cm³/mol. The lowest BCUT2D eigenvalue weighted by molar-refractivity contribution is -0.115. The van der Waals surface area contributed by atoms with Gasteiger partial charge < -0.3 is 9.84 Å². The first-order chi connectivity index (χ1) is 11.5. The predicted octanol–water partition coefficient (Wildman–Crippen LogP) is 4.56. The molecule has 3 rings (SSSR count). The van der Waals surface area contributed by atoms with Crippen LogP contribution in [0.5, 0.6) is 0 Å². The molecule has 0 radical (unpaired) electrons. The van der Waals surface area contributed by atoms with E-state index < -0.39 is 11.6 Å². The first kappa shape index (κ1) is 16.3. The molecule has 0 atom stereocenters. The van der Waals surface area contributed by atoms with Crippen molar-refractivity contribution in [3.05, 3.63) is 70.3 Å². The van der Waals surface area contributed by atoms with Crippen molar-refractivity contribution in [1.82, 2.24) is 5.16 Å². The molecule has 0 aliphatic rings. The topological polar surface area (TPSA) is 55.1 Å². The number of amides is 1. The van der Waals surface area contributed by atoms with Crippen LogP contribution in [0.1, 0.15) is 5.69 Å². The van der Waals surface area contributed by atoms with Crippen LogP contribution >= 0.6 is 15.9 Å². The van der Waals surface area contributed by atoms with E-state index in [1.807, 2.05) is 0 Å². The Morgan fingerprint density at radius 3 is 2.58 bits per heavy atom. The fourth-order valence-corrected chi connectivity index (χ4v) is 2.38. The summed E-state index contributed by atoms with van der Waals surface area (Å²) in [5, 5.41) is 6.47. The van der Waals surface area contributed by atoms with Crippen LogP contribution in [0.15, 0.2) is 57.5 Å². The molecule has 2 aromatic carbocycles. The summed E-state index contributed by atoms with van der Waals surface area (Å²) < 4.78 is 32.6.